The van der Waals surface area contributed by atoms with Gasteiger partial charge in [0.1, 0.15) is 0 Å². The van der Waals surface area contributed by atoms with Crippen LogP contribution < -0.4 is 0 Å². The zero-order valence-corrected chi connectivity index (χ0v) is 11.3. The molecule has 0 radical (unpaired) electrons. The van der Waals surface area contributed by atoms with E-state index in [-0.39, 0.29) is 6.16 Å². The minimum absolute atomic E-state index is 0.0349. The lowest BCUT2D eigenvalue weighted by Crippen LogP contribution is -2.26. The van der Waals surface area contributed by atoms with E-state index in [4.69, 9.17) is 19.3 Å². The molecule has 0 unspecified atom stereocenters. The summed E-state index contributed by atoms with van der Waals surface area (Å²) in [5, 5.41) is 0. The summed E-state index contributed by atoms with van der Waals surface area (Å²) in [7, 11) is -2.08. The van der Waals surface area contributed by atoms with Crippen molar-refractivity contribution in [2.45, 2.75) is 50.7 Å². The van der Waals surface area contributed by atoms with Crippen molar-refractivity contribution in [3.63, 3.8) is 0 Å². The van der Waals surface area contributed by atoms with Gasteiger partial charge < -0.3 is 19.3 Å². The molecule has 17 heavy (non-hydrogen) atoms. The third-order valence-corrected chi connectivity index (χ3v) is 4.05. The lowest BCUT2D eigenvalue weighted by molar-refractivity contribution is -0.0170. The van der Waals surface area contributed by atoms with Gasteiger partial charge in [0.25, 0.3) is 0 Å². The van der Waals surface area contributed by atoms with Crippen molar-refractivity contribution in [1.82, 2.24) is 0 Å². The maximum Gasteiger partial charge on any atom is 0.325 e. The Bertz CT molecular complexity index is 244. The van der Waals surface area contributed by atoms with E-state index in [1.807, 2.05) is 0 Å². The van der Waals surface area contributed by atoms with Crippen LogP contribution in [0.5, 0.6) is 0 Å². The van der Waals surface area contributed by atoms with Crippen LogP contribution in [-0.2, 0) is 14.0 Å². The Balaban J connectivity index is 1.99. The summed E-state index contributed by atoms with van der Waals surface area (Å²) in [5.41, 5.74) is 0. The summed E-state index contributed by atoms with van der Waals surface area (Å²) in [6.45, 7) is 0.600. The summed E-state index contributed by atoms with van der Waals surface area (Å²) < 4.78 is 21.6. The van der Waals surface area contributed by atoms with E-state index >= 15 is 0 Å². The van der Waals surface area contributed by atoms with E-state index in [2.05, 4.69) is 0 Å². The highest BCUT2D eigenvalue weighted by molar-refractivity contribution is 7.51. The van der Waals surface area contributed by atoms with Crippen molar-refractivity contribution < 1.29 is 23.8 Å². The van der Waals surface area contributed by atoms with E-state index in [1.54, 1.807) is 7.11 Å². The molecule has 1 fully saturated rings. The van der Waals surface area contributed by atoms with Crippen LogP contribution >= 0.6 is 7.60 Å². The highest BCUT2D eigenvalue weighted by Gasteiger charge is 2.21. The average Bonchev–Trinajstić information content (AvgIpc) is 2.28. The molecule has 0 spiro atoms. The fourth-order valence-electron chi connectivity index (χ4n) is 2.10. The van der Waals surface area contributed by atoms with Gasteiger partial charge in [-0.05, 0) is 38.5 Å². The molecule has 0 bridgehead atoms. The minimum Gasteiger partial charge on any atom is -0.381 e. The van der Waals surface area contributed by atoms with Crippen molar-refractivity contribution in [2.75, 3.05) is 19.9 Å². The molecule has 1 aliphatic rings. The highest BCUT2D eigenvalue weighted by Crippen LogP contribution is 2.35. The molecule has 102 valence electrons. The topological polar surface area (TPSA) is 76.0 Å². The van der Waals surface area contributed by atoms with Crippen LogP contribution in [0.25, 0.3) is 0 Å². The molecule has 6 heteroatoms. The van der Waals surface area contributed by atoms with Crippen LogP contribution in [0.2, 0.25) is 0 Å². The number of methoxy groups -OCH3 is 1. The molecule has 0 aromatic rings. The number of hydrogen-bond acceptors (Lipinski definition) is 3. The zero-order chi connectivity index (χ0) is 12.7. The summed E-state index contributed by atoms with van der Waals surface area (Å²) in [6, 6.07) is 0. The standard InChI is InChI=1S/C11H23O5P/c1-15-10-4-6-11(7-5-10)16-8-2-3-9-17(12,13)14/h10-11H,2-9H2,1H3,(H2,12,13,14). The Morgan fingerprint density at radius 2 is 1.71 bits per heavy atom. The molecule has 2 N–H and O–H groups in total. The van der Waals surface area contributed by atoms with Gasteiger partial charge in [0.05, 0.1) is 12.2 Å². The third-order valence-electron chi connectivity index (χ3n) is 3.15. The van der Waals surface area contributed by atoms with Gasteiger partial charge in [-0.15, -0.1) is 0 Å². The van der Waals surface area contributed by atoms with Crippen molar-refractivity contribution in [3.8, 4) is 0 Å². The lowest BCUT2D eigenvalue weighted by Gasteiger charge is -2.27. The fraction of sp³-hybridized carbons (Fsp3) is 1.00. The zero-order valence-electron chi connectivity index (χ0n) is 10.4. The summed E-state index contributed by atoms with van der Waals surface area (Å²) in [5.74, 6) is 0. The van der Waals surface area contributed by atoms with Crippen LogP contribution in [0, 0.1) is 0 Å². The van der Waals surface area contributed by atoms with Gasteiger partial charge >= 0.3 is 7.60 Å². The van der Waals surface area contributed by atoms with E-state index in [9.17, 15) is 4.57 Å². The summed E-state index contributed by atoms with van der Waals surface area (Å²) >= 11 is 0. The maximum atomic E-state index is 10.6. The van der Waals surface area contributed by atoms with Crippen molar-refractivity contribution in [1.29, 1.82) is 0 Å². The first-order chi connectivity index (χ1) is 8.01. The van der Waals surface area contributed by atoms with Gasteiger partial charge in [0, 0.05) is 19.9 Å². The molecule has 1 saturated carbocycles. The molecule has 1 rings (SSSR count). The Labute approximate surface area is 103 Å². The third kappa shape index (κ3) is 7.17. The van der Waals surface area contributed by atoms with Crippen molar-refractivity contribution >= 4 is 7.60 Å². The number of unbranched alkanes of at least 4 members (excludes halogenated alkanes) is 1. The summed E-state index contributed by atoms with van der Waals surface area (Å²) in [4.78, 5) is 17.4. The molecular formula is C11H23O5P. The van der Waals surface area contributed by atoms with E-state index in [0.29, 0.717) is 25.2 Å². The molecule has 0 atom stereocenters. The second kappa shape index (κ2) is 7.49. The first-order valence-corrected chi connectivity index (χ1v) is 8.00. The second-order valence-corrected chi connectivity index (χ2v) is 6.38. The van der Waals surface area contributed by atoms with E-state index in [0.717, 1.165) is 32.1 Å². The summed E-state index contributed by atoms with van der Waals surface area (Å²) in [6.07, 6.45) is 6.03. The molecular weight excluding hydrogens is 243 g/mol. The first-order valence-electron chi connectivity index (χ1n) is 6.20. The smallest absolute Gasteiger partial charge is 0.325 e. The fourth-order valence-corrected chi connectivity index (χ4v) is 2.74. The van der Waals surface area contributed by atoms with Crippen LogP contribution in [0.3, 0.4) is 0 Å². The molecule has 0 aromatic heterocycles. The molecule has 5 nitrogen and oxygen atoms in total. The van der Waals surface area contributed by atoms with Crippen LogP contribution in [0.1, 0.15) is 38.5 Å². The van der Waals surface area contributed by atoms with Gasteiger partial charge in [-0.2, -0.15) is 0 Å². The van der Waals surface area contributed by atoms with Crippen molar-refractivity contribution in [3.05, 3.63) is 0 Å². The molecule has 0 aliphatic heterocycles. The molecule has 1 aliphatic carbocycles. The van der Waals surface area contributed by atoms with Crippen LogP contribution in [0.15, 0.2) is 0 Å². The van der Waals surface area contributed by atoms with Gasteiger partial charge in [-0.1, -0.05) is 0 Å². The van der Waals surface area contributed by atoms with Gasteiger partial charge in [-0.3, -0.25) is 4.57 Å². The first kappa shape index (κ1) is 15.1. The maximum absolute atomic E-state index is 10.6. The largest absolute Gasteiger partial charge is 0.381 e. The average molecular weight is 266 g/mol. The monoisotopic (exact) mass is 266 g/mol. The van der Waals surface area contributed by atoms with Gasteiger partial charge in [-0.25, -0.2) is 0 Å². The molecule has 0 saturated heterocycles. The minimum atomic E-state index is -3.82. The molecule has 0 amide bonds. The Kier molecular flexibility index (Phi) is 6.67. The SMILES string of the molecule is COC1CCC(OCCCCP(=O)(O)O)CC1. The second-order valence-electron chi connectivity index (χ2n) is 4.60. The molecule has 0 aromatic carbocycles. The van der Waals surface area contributed by atoms with Gasteiger partial charge in [0.15, 0.2) is 0 Å². The van der Waals surface area contributed by atoms with Gasteiger partial charge in [0.2, 0.25) is 0 Å². The predicted molar refractivity (Wildman–Crippen MR) is 65.2 cm³/mol. The number of hydrogen-bond donors (Lipinski definition) is 2. The lowest BCUT2D eigenvalue weighted by atomic mass is 9.95. The Morgan fingerprint density at radius 3 is 2.24 bits per heavy atom. The van der Waals surface area contributed by atoms with Crippen molar-refractivity contribution in [2.24, 2.45) is 0 Å². The highest BCUT2D eigenvalue weighted by atomic mass is 31.2. The normalized spacial score (nSPS) is 26.1. The Hall–Kier alpha value is 0.0700. The van der Waals surface area contributed by atoms with E-state index in [1.165, 1.54) is 0 Å². The quantitative estimate of drug-likeness (QED) is 0.544. The number of rotatable bonds is 7. The van der Waals surface area contributed by atoms with E-state index < -0.39 is 7.60 Å². The predicted octanol–water partition coefficient (Wildman–Crippen LogP) is 1.92. The van der Waals surface area contributed by atoms with Crippen LogP contribution in [0.4, 0.5) is 0 Å². The molecule has 0 heterocycles. The van der Waals surface area contributed by atoms with Crippen LogP contribution in [-0.4, -0.2) is 41.9 Å². The number of ether oxygens (including phenoxy) is 2. The Morgan fingerprint density at radius 1 is 1.12 bits per heavy atom.